The molecule has 0 heterocycles. The van der Waals surface area contributed by atoms with Crippen molar-refractivity contribution in [1.29, 1.82) is 0 Å². The number of sulfonamides is 3. The van der Waals surface area contributed by atoms with Gasteiger partial charge in [-0.05, 0) is 53.4 Å². The van der Waals surface area contributed by atoms with E-state index in [-0.39, 0.29) is 11.1 Å². The molecule has 0 aromatic rings. The molecule has 0 aliphatic heterocycles. The van der Waals surface area contributed by atoms with Crippen LogP contribution in [0.5, 0.6) is 0 Å². The van der Waals surface area contributed by atoms with Gasteiger partial charge in [0.2, 0.25) is 5.83 Å². The lowest BCUT2D eigenvalue weighted by molar-refractivity contribution is -0.145. The molecule has 0 saturated carbocycles. The van der Waals surface area contributed by atoms with Crippen molar-refractivity contribution in [2.75, 3.05) is 19.8 Å². The number of ether oxygens (including phenoxy) is 3. The molecule has 0 saturated heterocycles. The van der Waals surface area contributed by atoms with Gasteiger partial charge >= 0.3 is 64.5 Å². The summed E-state index contributed by atoms with van der Waals surface area (Å²) in [7, 11) is -19.0. The molecule has 3 N–H and O–H groups in total. The predicted octanol–water partition coefficient (Wildman–Crippen LogP) is 5.68. The van der Waals surface area contributed by atoms with Crippen molar-refractivity contribution < 1.29 is 97.8 Å². The molecular weight excluding hydrogens is 917 g/mol. The van der Waals surface area contributed by atoms with E-state index < -0.39 is 150 Å². The lowest BCUT2D eigenvalue weighted by Crippen LogP contribution is -2.60. The van der Waals surface area contributed by atoms with Crippen molar-refractivity contribution in [2.45, 2.75) is 115 Å². The summed E-state index contributed by atoms with van der Waals surface area (Å²) in [6.45, 7) is 14.0. The normalized spacial score (nSPS) is 16.6. The average Bonchev–Trinajstić information content (AvgIpc) is 3.06. The molecule has 0 aromatic heterocycles. The number of nitrogens with one attached hydrogen (secondary N) is 3. The van der Waals surface area contributed by atoms with E-state index in [1.54, 1.807) is 0 Å². The lowest BCUT2D eigenvalue weighted by atomic mass is 9.67. The Balaban J connectivity index is 7.91. The van der Waals surface area contributed by atoms with E-state index in [2.05, 4.69) is 24.5 Å². The number of hydrogen-bond acceptors (Lipinski definition) is 12. The van der Waals surface area contributed by atoms with Crippen LogP contribution in [0.3, 0.4) is 0 Å². The molecule has 0 aliphatic rings. The fourth-order valence-electron chi connectivity index (χ4n) is 5.17. The maximum absolute atomic E-state index is 14.0. The van der Waals surface area contributed by atoms with E-state index in [1.807, 2.05) is 0 Å². The van der Waals surface area contributed by atoms with Crippen LogP contribution in [0.1, 0.15) is 81.1 Å². The molecule has 0 rings (SSSR count). The molecule has 61 heavy (non-hydrogen) atoms. The highest BCUT2D eigenvalue weighted by atomic mass is 32.2. The average molecular weight is 966 g/mol. The van der Waals surface area contributed by atoms with E-state index in [0.29, 0.717) is 0 Å². The van der Waals surface area contributed by atoms with Crippen molar-refractivity contribution >= 4 is 48.0 Å². The molecule has 0 amide bonds. The summed E-state index contributed by atoms with van der Waals surface area (Å²) in [5, 5.41) is 0. The maximum Gasteiger partial charge on any atom is 0.511 e. The van der Waals surface area contributed by atoms with E-state index in [9.17, 15) is 83.5 Å². The highest BCUT2D eigenvalue weighted by Crippen LogP contribution is 2.43. The Morgan fingerprint density at radius 3 is 1.30 bits per heavy atom. The standard InChI is InChI=1S/C33H49F10N3O12S3/c1-19(2)24(47)57-17-29(10,14-12-22(44-59(50,51)31(35,36)37)27(6,7)16-56-26(49)21(5)34)23(45-60(52,53)32(38,39)40)13-15-30(11,18-58-25(48)20(3)4)28(8,9)46-61(54,55)33(41,42)43/h22-23,44-46H,1,3,5,12-18H2,2,4,6-11H3. The summed E-state index contributed by atoms with van der Waals surface area (Å²) in [4.78, 5) is 36.7. The highest BCUT2D eigenvalue weighted by molar-refractivity contribution is 7.90. The highest BCUT2D eigenvalue weighted by Gasteiger charge is 2.55. The van der Waals surface area contributed by atoms with Crippen molar-refractivity contribution in [3.8, 4) is 0 Å². The van der Waals surface area contributed by atoms with Crippen LogP contribution in [0.25, 0.3) is 0 Å². The van der Waals surface area contributed by atoms with Gasteiger partial charge in [0.15, 0.2) is 0 Å². The van der Waals surface area contributed by atoms with Gasteiger partial charge in [-0.2, -0.15) is 43.9 Å². The number of carbonyl (C=O) groups is 3. The minimum atomic E-state index is -6.49. The lowest BCUT2D eigenvalue weighted by Gasteiger charge is -2.46. The fraction of sp³-hybridized carbons (Fsp3) is 0.727. The Kier molecular flexibility index (Phi) is 18.9. The second kappa shape index (κ2) is 20.0. The number of halogens is 10. The van der Waals surface area contributed by atoms with Gasteiger partial charge in [0.05, 0.1) is 19.8 Å². The van der Waals surface area contributed by atoms with Crippen LogP contribution in [0.2, 0.25) is 0 Å². The van der Waals surface area contributed by atoms with Gasteiger partial charge in [0, 0.05) is 45.0 Å². The Labute approximate surface area is 347 Å². The van der Waals surface area contributed by atoms with Crippen LogP contribution in [0.15, 0.2) is 36.7 Å². The molecule has 0 fully saturated rings. The largest absolute Gasteiger partial charge is 0.511 e. The summed E-state index contributed by atoms with van der Waals surface area (Å²) < 4.78 is 230. The molecule has 0 aromatic carbocycles. The zero-order valence-corrected chi connectivity index (χ0v) is 36.6. The van der Waals surface area contributed by atoms with E-state index in [1.165, 1.54) is 14.2 Å². The summed E-state index contributed by atoms with van der Waals surface area (Å²) >= 11 is 0. The molecule has 0 radical (unpaired) electrons. The van der Waals surface area contributed by atoms with Gasteiger partial charge in [-0.1, -0.05) is 47.4 Å². The number of hydrogen-bond donors (Lipinski definition) is 3. The SMILES string of the molecule is C=C(C)C(=O)OCC(C)(CCC(NS(=O)(=O)C(F)(F)F)C(C)(C)COC(=O)C(=C)F)C(CCC(C)(COC(=O)C(=C)C)C(C)(C)NS(=O)(=O)C(F)(F)F)NS(=O)(=O)C(F)(F)F. The molecular formula is C33H49F10N3O12S3. The van der Waals surface area contributed by atoms with E-state index in [4.69, 9.17) is 9.47 Å². The van der Waals surface area contributed by atoms with E-state index >= 15 is 0 Å². The quantitative estimate of drug-likeness (QED) is 0.0461. The fourth-order valence-corrected chi connectivity index (χ4v) is 8.05. The monoisotopic (exact) mass is 965 g/mol. The smallest absolute Gasteiger partial charge is 0.462 e. The Morgan fingerprint density at radius 2 is 0.918 bits per heavy atom. The minimum Gasteiger partial charge on any atom is -0.462 e. The maximum atomic E-state index is 14.0. The van der Waals surface area contributed by atoms with Crippen LogP contribution in [-0.4, -0.2) is 97.1 Å². The molecule has 15 nitrogen and oxygen atoms in total. The number of alkyl halides is 9. The van der Waals surface area contributed by atoms with Gasteiger partial charge in [-0.3, -0.25) is 0 Å². The van der Waals surface area contributed by atoms with Crippen LogP contribution in [0, 0.1) is 16.2 Å². The summed E-state index contributed by atoms with van der Waals surface area (Å²) in [5.41, 5.74) is -27.5. The molecule has 0 spiro atoms. The van der Waals surface area contributed by atoms with Gasteiger partial charge in [-0.15, -0.1) is 0 Å². The first kappa shape index (κ1) is 57.7. The van der Waals surface area contributed by atoms with Crippen molar-refractivity contribution in [3.63, 3.8) is 0 Å². The molecule has 4 unspecified atom stereocenters. The Morgan fingerprint density at radius 1 is 0.557 bits per heavy atom. The van der Waals surface area contributed by atoms with Crippen LogP contribution in [-0.2, 0) is 58.7 Å². The molecule has 4 atom stereocenters. The third-order valence-corrected chi connectivity index (χ3v) is 13.5. The second-order valence-corrected chi connectivity index (χ2v) is 21.0. The molecule has 356 valence electrons. The third kappa shape index (κ3) is 16.1. The van der Waals surface area contributed by atoms with Gasteiger partial charge in [-0.25, -0.2) is 53.8 Å². The first-order valence-corrected chi connectivity index (χ1v) is 21.7. The zero-order valence-electron chi connectivity index (χ0n) is 34.1. The van der Waals surface area contributed by atoms with Gasteiger partial charge in [0.1, 0.15) is 0 Å². The Hall–Kier alpha value is -3.34. The van der Waals surface area contributed by atoms with Crippen LogP contribution in [0.4, 0.5) is 43.9 Å². The minimum absolute atomic E-state index is 0.276. The second-order valence-electron chi connectivity index (χ2n) is 15.9. The predicted molar refractivity (Wildman–Crippen MR) is 197 cm³/mol. The van der Waals surface area contributed by atoms with Gasteiger partial charge < -0.3 is 14.2 Å². The molecule has 28 heteroatoms. The molecule has 0 bridgehead atoms. The summed E-state index contributed by atoms with van der Waals surface area (Å²) in [5.74, 6) is -5.83. The topological polar surface area (TPSA) is 217 Å². The Bertz CT molecular complexity index is 2000. The van der Waals surface area contributed by atoms with Crippen LogP contribution >= 0.6 is 0 Å². The van der Waals surface area contributed by atoms with E-state index in [0.717, 1.165) is 55.4 Å². The van der Waals surface area contributed by atoms with Crippen molar-refractivity contribution in [2.24, 2.45) is 16.2 Å². The zero-order chi connectivity index (χ0) is 48.8. The first-order valence-electron chi connectivity index (χ1n) is 17.3. The number of esters is 3. The number of rotatable bonds is 24. The third-order valence-electron chi connectivity index (χ3n) is 9.73. The first-order chi connectivity index (χ1) is 26.8. The summed E-state index contributed by atoms with van der Waals surface area (Å²) in [6.07, 6.45) is -3.79. The van der Waals surface area contributed by atoms with Gasteiger partial charge in [0.25, 0.3) is 0 Å². The number of carbonyl (C=O) groups excluding carboxylic acids is 3. The van der Waals surface area contributed by atoms with Crippen molar-refractivity contribution in [1.82, 2.24) is 14.2 Å². The summed E-state index contributed by atoms with van der Waals surface area (Å²) in [6, 6.07) is -4.36. The molecule has 0 aliphatic carbocycles. The van der Waals surface area contributed by atoms with Crippen molar-refractivity contribution in [3.05, 3.63) is 36.7 Å². The van der Waals surface area contributed by atoms with Crippen LogP contribution < -0.4 is 14.2 Å².